The predicted molar refractivity (Wildman–Crippen MR) is 105 cm³/mol. The number of nitrogens with two attached hydrogens (primary N) is 1. The van der Waals surface area contributed by atoms with Crippen molar-refractivity contribution in [1.82, 2.24) is 9.97 Å². The zero-order valence-corrected chi connectivity index (χ0v) is 14.9. The van der Waals surface area contributed by atoms with Crippen molar-refractivity contribution < 1.29 is 0 Å². The summed E-state index contributed by atoms with van der Waals surface area (Å²) in [6.45, 7) is 3.85. The van der Waals surface area contributed by atoms with Crippen molar-refractivity contribution in [3.63, 3.8) is 0 Å². The van der Waals surface area contributed by atoms with E-state index in [0.29, 0.717) is 28.7 Å². The van der Waals surface area contributed by atoms with Crippen LogP contribution >= 0.6 is 0 Å². The van der Waals surface area contributed by atoms with Gasteiger partial charge in [-0.05, 0) is 61.4 Å². The smallest absolute Gasteiger partial charge is 0.231 e. The second kappa shape index (κ2) is 7.42. The largest absolute Gasteiger partial charge is 0.383 e. The van der Waals surface area contributed by atoms with Gasteiger partial charge in [0.25, 0.3) is 0 Å². The van der Waals surface area contributed by atoms with Crippen LogP contribution in [0, 0.1) is 36.5 Å². The lowest BCUT2D eigenvalue weighted by Crippen LogP contribution is -2.05. The number of hydrogen-bond acceptors (Lipinski definition) is 7. The molecule has 0 spiro atoms. The Morgan fingerprint density at radius 2 is 1.48 bits per heavy atom. The minimum Gasteiger partial charge on any atom is -0.383 e. The monoisotopic (exact) mass is 355 g/mol. The van der Waals surface area contributed by atoms with Crippen LogP contribution in [-0.2, 0) is 0 Å². The summed E-state index contributed by atoms with van der Waals surface area (Å²) in [4.78, 5) is 8.64. The molecule has 0 unspecified atom stereocenters. The molecule has 27 heavy (non-hydrogen) atoms. The molecule has 0 radical (unpaired) electrons. The second-order valence-electron chi connectivity index (χ2n) is 6.04. The summed E-state index contributed by atoms with van der Waals surface area (Å²) in [6.07, 6.45) is 0. The number of aromatic nitrogens is 2. The van der Waals surface area contributed by atoms with E-state index in [1.54, 1.807) is 30.3 Å². The van der Waals surface area contributed by atoms with Crippen LogP contribution in [0.4, 0.5) is 29.0 Å². The molecule has 1 heterocycles. The Morgan fingerprint density at radius 1 is 0.852 bits per heavy atom. The zero-order chi connectivity index (χ0) is 19.4. The summed E-state index contributed by atoms with van der Waals surface area (Å²) < 4.78 is 0. The van der Waals surface area contributed by atoms with Gasteiger partial charge in [-0.3, -0.25) is 0 Å². The summed E-state index contributed by atoms with van der Waals surface area (Å²) in [7, 11) is 0. The molecule has 4 N–H and O–H groups in total. The van der Waals surface area contributed by atoms with E-state index in [1.165, 1.54) is 0 Å². The van der Waals surface area contributed by atoms with Crippen molar-refractivity contribution in [3.05, 3.63) is 64.7 Å². The van der Waals surface area contributed by atoms with Crippen molar-refractivity contribution in [2.45, 2.75) is 13.8 Å². The van der Waals surface area contributed by atoms with E-state index < -0.39 is 0 Å². The maximum atomic E-state index is 9.08. The van der Waals surface area contributed by atoms with Crippen LogP contribution in [-0.4, -0.2) is 9.97 Å². The molecule has 0 amide bonds. The normalized spacial score (nSPS) is 9.93. The van der Waals surface area contributed by atoms with Gasteiger partial charge in [0.15, 0.2) is 0 Å². The topological polar surface area (TPSA) is 123 Å². The van der Waals surface area contributed by atoms with Crippen molar-refractivity contribution in [3.8, 4) is 12.1 Å². The van der Waals surface area contributed by atoms with E-state index in [2.05, 4.69) is 32.7 Å². The highest BCUT2D eigenvalue weighted by molar-refractivity contribution is 5.68. The first-order valence-corrected chi connectivity index (χ1v) is 8.18. The first kappa shape index (κ1) is 17.7. The standard InChI is InChI=1S/C20H17N7/c1-12-7-15(11-22)8-13(2)19(12)26-18-9-17(23)25-20(27-18)24-16-5-3-14(10-21)4-6-16/h3-9H,1-2H3,(H4,23,24,25,26,27). The molecule has 0 saturated carbocycles. The molecule has 7 nitrogen and oxygen atoms in total. The van der Waals surface area contributed by atoms with Gasteiger partial charge in [-0.15, -0.1) is 0 Å². The maximum absolute atomic E-state index is 9.08. The molecular weight excluding hydrogens is 338 g/mol. The van der Waals surface area contributed by atoms with E-state index in [9.17, 15) is 0 Å². The summed E-state index contributed by atoms with van der Waals surface area (Å²) >= 11 is 0. The molecule has 0 atom stereocenters. The highest BCUT2D eigenvalue weighted by Gasteiger charge is 2.09. The molecule has 0 saturated heterocycles. The molecular formula is C20H17N7. The minimum absolute atomic E-state index is 0.313. The van der Waals surface area contributed by atoms with Gasteiger partial charge in [0.1, 0.15) is 11.6 Å². The average Bonchev–Trinajstić information content (AvgIpc) is 2.64. The number of aryl methyl sites for hydroxylation is 2. The SMILES string of the molecule is Cc1cc(C#N)cc(C)c1Nc1cc(N)nc(Nc2ccc(C#N)cc2)n1. The van der Waals surface area contributed by atoms with Gasteiger partial charge in [0, 0.05) is 17.4 Å². The quantitative estimate of drug-likeness (QED) is 0.648. The Hall–Kier alpha value is -4.10. The van der Waals surface area contributed by atoms with Crippen LogP contribution in [0.25, 0.3) is 0 Å². The Kier molecular flexibility index (Phi) is 4.87. The number of nitrogens with one attached hydrogen (secondary N) is 2. The molecule has 0 fully saturated rings. The third-order valence-electron chi connectivity index (χ3n) is 3.93. The van der Waals surface area contributed by atoms with Crippen molar-refractivity contribution >= 4 is 29.0 Å². The maximum Gasteiger partial charge on any atom is 0.231 e. The lowest BCUT2D eigenvalue weighted by molar-refractivity contribution is 1.17. The lowest BCUT2D eigenvalue weighted by atomic mass is 10.0. The summed E-state index contributed by atoms with van der Waals surface area (Å²) in [5.41, 5.74) is 10.6. The number of anilines is 5. The van der Waals surface area contributed by atoms with Crippen LogP contribution in [0.15, 0.2) is 42.5 Å². The van der Waals surface area contributed by atoms with E-state index in [-0.39, 0.29) is 0 Å². The second-order valence-corrected chi connectivity index (χ2v) is 6.04. The van der Waals surface area contributed by atoms with Crippen LogP contribution < -0.4 is 16.4 Å². The van der Waals surface area contributed by atoms with Crippen LogP contribution in [0.3, 0.4) is 0 Å². The molecule has 132 valence electrons. The number of nitrogens with zero attached hydrogens (tertiary/aromatic N) is 4. The Morgan fingerprint density at radius 3 is 2.07 bits per heavy atom. The summed E-state index contributed by atoms with van der Waals surface area (Å²) in [6, 6.07) is 16.4. The fourth-order valence-corrected chi connectivity index (χ4v) is 2.70. The third kappa shape index (κ3) is 4.12. The number of benzene rings is 2. The van der Waals surface area contributed by atoms with Crippen molar-refractivity contribution in [1.29, 1.82) is 10.5 Å². The number of hydrogen-bond donors (Lipinski definition) is 3. The molecule has 7 heteroatoms. The fourth-order valence-electron chi connectivity index (χ4n) is 2.70. The van der Waals surface area contributed by atoms with Crippen LogP contribution in [0.1, 0.15) is 22.3 Å². The predicted octanol–water partition coefficient (Wildman–Crippen LogP) is 3.91. The Bertz CT molecular complexity index is 1050. The van der Waals surface area contributed by atoms with Gasteiger partial charge in [0.2, 0.25) is 5.95 Å². The highest BCUT2D eigenvalue weighted by atomic mass is 15.2. The van der Waals surface area contributed by atoms with Gasteiger partial charge in [-0.1, -0.05) is 0 Å². The van der Waals surface area contributed by atoms with Gasteiger partial charge in [-0.2, -0.15) is 20.5 Å². The van der Waals surface area contributed by atoms with Crippen molar-refractivity contribution in [2.24, 2.45) is 0 Å². The zero-order valence-electron chi connectivity index (χ0n) is 14.9. The summed E-state index contributed by atoms with van der Waals surface area (Å²) in [5, 5.41) is 24.3. The highest BCUT2D eigenvalue weighted by Crippen LogP contribution is 2.26. The first-order valence-electron chi connectivity index (χ1n) is 8.18. The van der Waals surface area contributed by atoms with Gasteiger partial charge < -0.3 is 16.4 Å². The first-order chi connectivity index (χ1) is 13.0. The molecule has 0 aliphatic heterocycles. The number of rotatable bonds is 4. The number of nitrogen functional groups attached to an aromatic ring is 1. The molecule has 2 aromatic carbocycles. The lowest BCUT2D eigenvalue weighted by Gasteiger charge is -2.14. The van der Waals surface area contributed by atoms with E-state index in [0.717, 1.165) is 22.5 Å². The molecule has 1 aromatic heterocycles. The summed E-state index contributed by atoms with van der Waals surface area (Å²) in [5.74, 6) is 1.19. The van der Waals surface area contributed by atoms with Gasteiger partial charge in [-0.25, -0.2) is 0 Å². The number of nitriles is 2. The van der Waals surface area contributed by atoms with E-state index >= 15 is 0 Å². The van der Waals surface area contributed by atoms with Crippen molar-refractivity contribution in [2.75, 3.05) is 16.4 Å². The molecule has 0 aliphatic rings. The Balaban J connectivity index is 1.88. The minimum atomic E-state index is 0.313. The third-order valence-corrected chi connectivity index (χ3v) is 3.93. The van der Waals surface area contributed by atoms with Gasteiger partial charge in [0.05, 0.1) is 23.3 Å². The van der Waals surface area contributed by atoms with E-state index in [4.69, 9.17) is 16.3 Å². The molecule has 0 bridgehead atoms. The Labute approximate surface area is 157 Å². The molecule has 3 rings (SSSR count). The van der Waals surface area contributed by atoms with Crippen LogP contribution in [0.5, 0.6) is 0 Å². The molecule has 0 aliphatic carbocycles. The fraction of sp³-hybridized carbons (Fsp3) is 0.100. The van der Waals surface area contributed by atoms with E-state index in [1.807, 2.05) is 26.0 Å². The average molecular weight is 355 g/mol. The molecule has 3 aromatic rings. The van der Waals surface area contributed by atoms with Gasteiger partial charge >= 0.3 is 0 Å². The van der Waals surface area contributed by atoms with Crippen LogP contribution in [0.2, 0.25) is 0 Å².